The molecule has 4 nitrogen and oxygen atoms in total. The summed E-state index contributed by atoms with van der Waals surface area (Å²) >= 11 is 1.67. The molecule has 2 heterocycles. The molecule has 0 spiro atoms. The second kappa shape index (κ2) is 10.4. The first-order valence-electron chi connectivity index (χ1n) is 10.7. The van der Waals surface area contributed by atoms with Crippen LogP contribution >= 0.6 is 11.3 Å². The molecule has 4 aromatic rings. The van der Waals surface area contributed by atoms with Gasteiger partial charge in [0.2, 0.25) is 5.91 Å². The molecule has 2 aromatic heterocycles. The van der Waals surface area contributed by atoms with Crippen LogP contribution in [0.3, 0.4) is 0 Å². The zero-order chi connectivity index (χ0) is 21.5. The third-order valence-electron chi connectivity index (χ3n) is 5.57. The monoisotopic (exact) mass is 432 g/mol. The Bertz CT molecular complexity index is 1100. The number of aromatic nitrogens is 1. The molecule has 0 saturated carbocycles. The summed E-state index contributed by atoms with van der Waals surface area (Å²) in [6.07, 6.45) is 3.49. The number of hydrogen-bond acceptors (Lipinski definition) is 3. The molecule has 1 amide bonds. The Morgan fingerprint density at radius 3 is 2.68 bits per heavy atom. The van der Waals surface area contributed by atoms with Gasteiger partial charge < -0.3 is 14.6 Å². The van der Waals surface area contributed by atoms with Gasteiger partial charge in [-0.15, -0.1) is 0 Å². The fourth-order valence-electron chi connectivity index (χ4n) is 4.05. The van der Waals surface area contributed by atoms with Crippen LogP contribution in [0.25, 0.3) is 10.9 Å². The number of ether oxygens (including phenoxy) is 1. The van der Waals surface area contributed by atoms with Crippen LogP contribution in [0, 0.1) is 0 Å². The van der Waals surface area contributed by atoms with E-state index < -0.39 is 0 Å². The van der Waals surface area contributed by atoms with Crippen molar-refractivity contribution >= 4 is 28.1 Å². The van der Waals surface area contributed by atoms with E-state index in [0.29, 0.717) is 19.6 Å². The van der Waals surface area contributed by atoms with Crippen LogP contribution < -0.4 is 5.32 Å². The van der Waals surface area contributed by atoms with Crippen molar-refractivity contribution in [3.05, 3.63) is 94.3 Å². The highest BCUT2D eigenvalue weighted by Crippen LogP contribution is 2.36. The first-order chi connectivity index (χ1) is 15.3. The number of nitrogens with one attached hydrogen (secondary N) is 1. The van der Waals surface area contributed by atoms with Gasteiger partial charge in [0.25, 0.3) is 0 Å². The summed E-state index contributed by atoms with van der Waals surface area (Å²) in [6.45, 7) is 2.10. The Balaban J connectivity index is 1.65. The van der Waals surface area contributed by atoms with Crippen LogP contribution in [0.4, 0.5) is 0 Å². The SMILES string of the molecule is COCCCNC(=O)CC(c1ccsc1)c1cn(Cc2ccccc2)c2ccccc12. The predicted molar refractivity (Wildman–Crippen MR) is 128 cm³/mol. The molecular formula is C26H28N2O2S. The number of hydrogen-bond donors (Lipinski definition) is 1. The lowest BCUT2D eigenvalue weighted by Gasteiger charge is -2.16. The lowest BCUT2D eigenvalue weighted by Crippen LogP contribution is -2.26. The lowest BCUT2D eigenvalue weighted by molar-refractivity contribution is -0.121. The van der Waals surface area contributed by atoms with E-state index >= 15 is 0 Å². The van der Waals surface area contributed by atoms with Gasteiger partial charge in [0.15, 0.2) is 0 Å². The highest BCUT2D eigenvalue weighted by Gasteiger charge is 2.23. The summed E-state index contributed by atoms with van der Waals surface area (Å²) in [6, 6.07) is 21.1. The molecule has 4 rings (SSSR count). The van der Waals surface area contributed by atoms with Gasteiger partial charge in [-0.1, -0.05) is 48.5 Å². The maximum atomic E-state index is 12.8. The topological polar surface area (TPSA) is 43.3 Å². The second-order valence-electron chi connectivity index (χ2n) is 7.72. The fourth-order valence-corrected chi connectivity index (χ4v) is 4.76. The Morgan fingerprint density at radius 1 is 1.10 bits per heavy atom. The van der Waals surface area contributed by atoms with Crippen molar-refractivity contribution in [1.29, 1.82) is 0 Å². The number of amides is 1. The lowest BCUT2D eigenvalue weighted by atomic mass is 9.89. The molecular weight excluding hydrogens is 404 g/mol. The number of benzene rings is 2. The molecule has 0 aliphatic rings. The molecule has 1 atom stereocenters. The van der Waals surface area contributed by atoms with E-state index in [-0.39, 0.29) is 11.8 Å². The van der Waals surface area contributed by atoms with Gasteiger partial charge in [-0.3, -0.25) is 4.79 Å². The molecule has 0 bridgehead atoms. The molecule has 0 radical (unpaired) electrons. The highest BCUT2D eigenvalue weighted by atomic mass is 32.1. The summed E-state index contributed by atoms with van der Waals surface area (Å²) in [5.74, 6) is 0.0998. The molecule has 1 N–H and O–H groups in total. The predicted octanol–water partition coefficient (Wildman–Crippen LogP) is 5.43. The quantitative estimate of drug-likeness (QED) is 0.340. The molecule has 0 saturated heterocycles. The van der Waals surface area contributed by atoms with E-state index in [9.17, 15) is 4.79 Å². The number of carbonyl (C=O) groups is 1. The van der Waals surface area contributed by atoms with Crippen molar-refractivity contribution in [2.75, 3.05) is 20.3 Å². The van der Waals surface area contributed by atoms with Crippen LogP contribution in [0.5, 0.6) is 0 Å². The Hall–Kier alpha value is -2.89. The van der Waals surface area contributed by atoms with Crippen molar-refractivity contribution in [3.63, 3.8) is 0 Å². The second-order valence-corrected chi connectivity index (χ2v) is 8.50. The largest absolute Gasteiger partial charge is 0.385 e. The summed E-state index contributed by atoms with van der Waals surface area (Å²) < 4.78 is 7.38. The average Bonchev–Trinajstić information content (AvgIpc) is 3.45. The van der Waals surface area contributed by atoms with Crippen molar-refractivity contribution in [1.82, 2.24) is 9.88 Å². The van der Waals surface area contributed by atoms with Gasteiger partial charge in [0, 0.05) is 56.2 Å². The molecule has 1 unspecified atom stereocenters. The van der Waals surface area contributed by atoms with Crippen LogP contribution in [0.2, 0.25) is 0 Å². The number of fused-ring (bicyclic) bond motifs is 1. The van der Waals surface area contributed by atoms with E-state index in [0.717, 1.165) is 13.0 Å². The van der Waals surface area contributed by atoms with E-state index in [2.05, 4.69) is 81.4 Å². The molecule has 0 aliphatic heterocycles. The van der Waals surface area contributed by atoms with E-state index in [1.165, 1.54) is 27.6 Å². The van der Waals surface area contributed by atoms with E-state index in [1.54, 1.807) is 18.4 Å². The number of para-hydroxylation sites is 1. The first-order valence-corrected chi connectivity index (χ1v) is 11.6. The molecule has 5 heteroatoms. The average molecular weight is 433 g/mol. The normalized spacial score (nSPS) is 12.2. The summed E-state index contributed by atoms with van der Waals surface area (Å²) in [7, 11) is 1.68. The summed E-state index contributed by atoms with van der Waals surface area (Å²) in [4.78, 5) is 12.8. The molecule has 2 aromatic carbocycles. The van der Waals surface area contributed by atoms with Crippen LogP contribution in [0.15, 0.2) is 77.6 Å². The van der Waals surface area contributed by atoms with Gasteiger partial charge in [-0.25, -0.2) is 0 Å². The number of methoxy groups -OCH3 is 1. The van der Waals surface area contributed by atoms with Gasteiger partial charge in [0.05, 0.1) is 0 Å². The number of nitrogens with zero attached hydrogens (tertiary/aromatic N) is 1. The molecule has 31 heavy (non-hydrogen) atoms. The van der Waals surface area contributed by atoms with Crippen molar-refractivity contribution in [3.8, 4) is 0 Å². The van der Waals surface area contributed by atoms with Gasteiger partial charge >= 0.3 is 0 Å². The number of rotatable bonds is 10. The van der Waals surface area contributed by atoms with Crippen molar-refractivity contribution in [2.45, 2.75) is 25.3 Å². The summed E-state index contributed by atoms with van der Waals surface area (Å²) in [5, 5.41) is 8.51. The van der Waals surface area contributed by atoms with Gasteiger partial charge in [-0.2, -0.15) is 11.3 Å². The Labute approximate surface area is 187 Å². The van der Waals surface area contributed by atoms with Gasteiger partial charge in [-0.05, 0) is 46.0 Å². The standard InChI is InChI=1S/C26H28N2O2S/c1-30-14-7-13-27-26(29)16-23(21-12-15-31-19-21)24-18-28(17-20-8-3-2-4-9-20)25-11-6-5-10-22(24)25/h2-6,8-12,15,18-19,23H,7,13-14,16-17H2,1H3,(H,27,29). The third-order valence-corrected chi connectivity index (χ3v) is 6.27. The number of carbonyl (C=O) groups excluding carboxylic acids is 1. The summed E-state index contributed by atoms with van der Waals surface area (Å²) in [5.41, 5.74) is 4.86. The van der Waals surface area contributed by atoms with Crippen molar-refractivity contribution < 1.29 is 9.53 Å². The first kappa shape index (κ1) is 21.3. The third kappa shape index (κ3) is 5.24. The number of thiophene rings is 1. The Kier molecular flexibility index (Phi) is 7.18. The maximum absolute atomic E-state index is 12.8. The van der Waals surface area contributed by atoms with E-state index in [1.807, 2.05) is 6.07 Å². The molecule has 0 aliphatic carbocycles. The van der Waals surface area contributed by atoms with Crippen molar-refractivity contribution in [2.24, 2.45) is 0 Å². The van der Waals surface area contributed by atoms with Crippen LogP contribution in [0.1, 0.15) is 35.4 Å². The molecule has 0 fully saturated rings. The smallest absolute Gasteiger partial charge is 0.220 e. The minimum atomic E-state index is 0.0237. The minimum absolute atomic E-state index is 0.0237. The zero-order valence-electron chi connectivity index (χ0n) is 17.8. The highest BCUT2D eigenvalue weighted by molar-refractivity contribution is 7.08. The maximum Gasteiger partial charge on any atom is 0.220 e. The van der Waals surface area contributed by atoms with Crippen LogP contribution in [-0.4, -0.2) is 30.7 Å². The Morgan fingerprint density at radius 2 is 1.90 bits per heavy atom. The van der Waals surface area contributed by atoms with Gasteiger partial charge in [0.1, 0.15) is 0 Å². The van der Waals surface area contributed by atoms with Crippen LogP contribution in [-0.2, 0) is 16.1 Å². The molecule has 160 valence electrons. The minimum Gasteiger partial charge on any atom is -0.385 e. The van der Waals surface area contributed by atoms with E-state index in [4.69, 9.17) is 4.74 Å². The zero-order valence-corrected chi connectivity index (χ0v) is 18.6. The fraction of sp³-hybridized carbons (Fsp3) is 0.269.